The normalized spacial score (nSPS) is 23.8. The minimum Gasteiger partial charge on any atom is -0.377 e. The summed E-state index contributed by atoms with van der Waals surface area (Å²) in [7, 11) is -3.93. The van der Waals surface area contributed by atoms with Gasteiger partial charge in [0.1, 0.15) is 10.4 Å². The summed E-state index contributed by atoms with van der Waals surface area (Å²) >= 11 is 0.709. The van der Waals surface area contributed by atoms with E-state index in [1.165, 1.54) is 4.90 Å². The van der Waals surface area contributed by atoms with E-state index in [2.05, 4.69) is 45.4 Å². The van der Waals surface area contributed by atoms with Crippen LogP contribution in [0.3, 0.4) is 0 Å². The molecule has 7 rings (SSSR count). The lowest BCUT2D eigenvalue weighted by atomic mass is 10.0. The molecule has 5 heterocycles. The molecule has 1 aromatic carbocycles. The van der Waals surface area contributed by atoms with Crippen molar-refractivity contribution in [3.8, 4) is 10.6 Å². The number of benzene rings is 1. The van der Waals surface area contributed by atoms with Gasteiger partial charge in [-0.1, -0.05) is 0 Å². The molecule has 0 radical (unpaired) electrons. The second kappa shape index (κ2) is 11.2. The van der Waals surface area contributed by atoms with Gasteiger partial charge in [0.15, 0.2) is 9.84 Å². The van der Waals surface area contributed by atoms with Crippen molar-refractivity contribution in [1.82, 2.24) is 20.2 Å². The lowest BCUT2D eigenvalue weighted by Gasteiger charge is -2.38. The second-order valence-electron chi connectivity index (χ2n) is 12.3. The topological polar surface area (TPSA) is 117 Å². The first kappa shape index (κ1) is 30.4. The number of thiophene rings is 1. The molecular weight excluding hydrogens is 629 g/mol. The van der Waals surface area contributed by atoms with Crippen molar-refractivity contribution in [2.75, 3.05) is 48.8 Å². The molecular formula is C30H33F3N6O4S2. The average molecular weight is 663 g/mol. The number of nitrogens with one attached hydrogen (secondary N) is 2. The summed E-state index contributed by atoms with van der Waals surface area (Å²) in [6, 6.07) is 7.60. The van der Waals surface area contributed by atoms with Crippen LogP contribution in [0.25, 0.3) is 10.6 Å². The highest BCUT2D eigenvalue weighted by atomic mass is 32.2. The summed E-state index contributed by atoms with van der Waals surface area (Å²) in [6.07, 6.45) is -2.08. The number of hydrogen-bond acceptors (Lipinski definition) is 10. The molecule has 3 aromatic rings. The summed E-state index contributed by atoms with van der Waals surface area (Å²) in [5, 5.41) is 6.68. The summed E-state index contributed by atoms with van der Waals surface area (Å²) in [5.41, 5.74) is 1.26. The molecule has 2 saturated heterocycles. The van der Waals surface area contributed by atoms with Crippen LogP contribution in [0.4, 0.5) is 30.5 Å². The zero-order valence-corrected chi connectivity index (χ0v) is 26.4. The van der Waals surface area contributed by atoms with E-state index in [-0.39, 0.29) is 52.2 Å². The average Bonchev–Trinajstić information content (AvgIpc) is 3.70. The maximum Gasteiger partial charge on any atom is 0.420 e. The fourth-order valence-electron chi connectivity index (χ4n) is 6.27. The zero-order valence-electron chi connectivity index (χ0n) is 24.7. The molecule has 1 aliphatic carbocycles. The highest BCUT2D eigenvalue weighted by Gasteiger charge is 2.41. The minimum absolute atomic E-state index is 0.00385. The quantitative estimate of drug-likeness (QED) is 0.389. The molecule has 0 bridgehead atoms. The fraction of sp³-hybridized carbons (Fsp3) is 0.500. The Kier molecular flexibility index (Phi) is 7.57. The number of aromatic nitrogens is 2. The first-order chi connectivity index (χ1) is 21.4. The molecule has 1 amide bonds. The molecule has 4 aliphatic rings. The van der Waals surface area contributed by atoms with E-state index in [9.17, 15) is 26.4 Å². The van der Waals surface area contributed by atoms with Gasteiger partial charge in [-0.3, -0.25) is 4.79 Å². The smallest absolute Gasteiger partial charge is 0.377 e. The van der Waals surface area contributed by atoms with E-state index in [1.807, 2.05) is 12.1 Å². The molecule has 45 heavy (non-hydrogen) atoms. The zero-order chi connectivity index (χ0) is 31.7. The van der Waals surface area contributed by atoms with Crippen molar-refractivity contribution < 1.29 is 31.1 Å². The highest BCUT2D eigenvalue weighted by Crippen LogP contribution is 2.46. The Morgan fingerprint density at radius 2 is 1.84 bits per heavy atom. The van der Waals surface area contributed by atoms with Gasteiger partial charge < -0.3 is 25.2 Å². The number of halogens is 3. The summed E-state index contributed by atoms with van der Waals surface area (Å²) in [6.45, 7) is 6.59. The van der Waals surface area contributed by atoms with Crippen LogP contribution in [-0.4, -0.2) is 85.9 Å². The SMILES string of the molecule is C[C@H]1CN(c2ccc(Nc3ncc(C(F)(F)F)c(-c4cc5c(s4)C(=O)N(C4COC4)CCS5(=O)=O)n3)c(C3CC3)c2)C[C@H](C)N1. The number of fused-ring (bicyclic) bond motifs is 1. The van der Waals surface area contributed by atoms with E-state index >= 15 is 0 Å². The van der Waals surface area contributed by atoms with Gasteiger partial charge in [-0.25, -0.2) is 18.4 Å². The predicted octanol–water partition coefficient (Wildman–Crippen LogP) is 4.66. The summed E-state index contributed by atoms with van der Waals surface area (Å²) in [4.78, 5) is 25.1. The molecule has 0 unspecified atom stereocenters. The van der Waals surface area contributed by atoms with Crippen molar-refractivity contribution in [2.24, 2.45) is 0 Å². The number of rotatable bonds is 6. The maximum atomic E-state index is 14.2. The largest absolute Gasteiger partial charge is 0.420 e. The molecule has 0 spiro atoms. The van der Waals surface area contributed by atoms with Crippen molar-refractivity contribution in [3.05, 3.63) is 46.5 Å². The van der Waals surface area contributed by atoms with E-state index in [4.69, 9.17) is 4.74 Å². The third-order valence-corrected chi connectivity index (χ3v) is 11.7. The Bertz CT molecular complexity index is 1750. The monoisotopic (exact) mass is 662 g/mol. The van der Waals surface area contributed by atoms with E-state index in [0.717, 1.165) is 43.2 Å². The Hall–Kier alpha value is -3.27. The predicted molar refractivity (Wildman–Crippen MR) is 164 cm³/mol. The number of amides is 1. The summed E-state index contributed by atoms with van der Waals surface area (Å²) in [5.74, 6) is -0.582. The molecule has 1 saturated carbocycles. The first-order valence-electron chi connectivity index (χ1n) is 15.0. The molecule has 3 aliphatic heterocycles. The number of ether oxygens (including phenoxy) is 1. The number of alkyl halides is 3. The number of nitrogens with zero attached hydrogens (tertiary/aromatic N) is 4. The Morgan fingerprint density at radius 1 is 1.11 bits per heavy atom. The van der Waals surface area contributed by atoms with Crippen LogP contribution >= 0.6 is 11.3 Å². The van der Waals surface area contributed by atoms with Crippen molar-refractivity contribution >= 4 is 44.4 Å². The van der Waals surface area contributed by atoms with E-state index < -0.39 is 33.2 Å². The third-order valence-electron chi connectivity index (χ3n) is 8.70. The molecule has 10 nitrogen and oxygen atoms in total. The minimum atomic E-state index is -4.81. The standard InChI is InChI=1S/C30H33F3N6O4S2/c1-16-12-38(13-17(2)35-16)19-5-6-23(21(9-19)18-3-4-18)36-29-34-11-22(30(31,32)33)26(37-29)24-10-25-27(44-24)28(40)39(20-14-43-15-20)7-8-45(25,41)42/h5-6,9-11,16-18,20,35H,3-4,7-8,12-15H2,1-2H3,(H,34,36,37)/t16-,17-/m0/s1. The van der Waals surface area contributed by atoms with Gasteiger partial charge in [-0.05, 0) is 62.4 Å². The molecule has 2 aromatic heterocycles. The fourth-order valence-corrected chi connectivity index (χ4v) is 9.19. The molecule has 240 valence electrons. The summed E-state index contributed by atoms with van der Waals surface area (Å²) < 4.78 is 74.2. The van der Waals surface area contributed by atoms with Crippen LogP contribution in [0.1, 0.15) is 53.4 Å². The Morgan fingerprint density at radius 3 is 2.49 bits per heavy atom. The van der Waals surface area contributed by atoms with Gasteiger partial charge in [0, 0.05) is 49.3 Å². The van der Waals surface area contributed by atoms with E-state index in [1.54, 1.807) is 0 Å². The number of anilines is 3. The van der Waals surface area contributed by atoms with Crippen LogP contribution in [0.2, 0.25) is 0 Å². The Labute approximate surface area is 262 Å². The third kappa shape index (κ3) is 5.90. The number of carbonyl (C=O) groups is 1. The molecule has 15 heteroatoms. The molecule has 3 fully saturated rings. The van der Waals surface area contributed by atoms with Gasteiger partial charge in [-0.2, -0.15) is 13.2 Å². The first-order valence-corrected chi connectivity index (χ1v) is 17.5. The number of carbonyl (C=O) groups excluding carboxylic acids is 1. The van der Waals surface area contributed by atoms with Crippen LogP contribution in [0.5, 0.6) is 0 Å². The molecule has 2 atom stereocenters. The van der Waals surface area contributed by atoms with Crippen molar-refractivity contribution in [3.63, 3.8) is 0 Å². The van der Waals surface area contributed by atoms with Gasteiger partial charge in [-0.15, -0.1) is 11.3 Å². The second-order valence-corrected chi connectivity index (χ2v) is 15.4. The van der Waals surface area contributed by atoms with Gasteiger partial charge in [0.05, 0.1) is 40.5 Å². The number of piperazine rings is 1. The number of sulfone groups is 1. The lowest BCUT2D eigenvalue weighted by Crippen LogP contribution is -2.54. The van der Waals surface area contributed by atoms with E-state index in [0.29, 0.717) is 41.2 Å². The van der Waals surface area contributed by atoms with Crippen molar-refractivity contribution in [1.29, 1.82) is 0 Å². The van der Waals surface area contributed by atoms with Gasteiger partial charge >= 0.3 is 6.18 Å². The van der Waals surface area contributed by atoms with Crippen LogP contribution in [0, 0.1) is 0 Å². The van der Waals surface area contributed by atoms with Crippen LogP contribution in [0.15, 0.2) is 35.4 Å². The van der Waals surface area contributed by atoms with Crippen molar-refractivity contribution in [2.45, 2.75) is 61.8 Å². The van der Waals surface area contributed by atoms with Crippen LogP contribution in [-0.2, 0) is 20.8 Å². The van der Waals surface area contributed by atoms with Gasteiger partial charge in [0.25, 0.3) is 5.91 Å². The molecule has 2 N–H and O–H groups in total. The Balaban J connectivity index is 1.25. The number of hydrogen-bond donors (Lipinski definition) is 2. The lowest BCUT2D eigenvalue weighted by molar-refractivity contribution is -0.137. The maximum absolute atomic E-state index is 14.2. The highest BCUT2D eigenvalue weighted by molar-refractivity contribution is 7.91. The van der Waals surface area contributed by atoms with Crippen LogP contribution < -0.4 is 15.5 Å². The van der Waals surface area contributed by atoms with Gasteiger partial charge in [0.2, 0.25) is 5.95 Å².